The van der Waals surface area contributed by atoms with Gasteiger partial charge in [-0.3, -0.25) is 19.3 Å². The molecule has 2 N–H and O–H groups in total. The molecule has 3 aliphatic rings. The summed E-state index contributed by atoms with van der Waals surface area (Å²) in [6.07, 6.45) is 4.81. The molecule has 2 aromatic carbocycles. The summed E-state index contributed by atoms with van der Waals surface area (Å²) in [7, 11) is 1.57. The molecule has 2 amide bonds. The van der Waals surface area contributed by atoms with Gasteiger partial charge in [0.05, 0.1) is 36.8 Å². The highest BCUT2D eigenvalue weighted by molar-refractivity contribution is 6.02. The highest BCUT2D eigenvalue weighted by atomic mass is 19.1. The van der Waals surface area contributed by atoms with E-state index in [-0.39, 0.29) is 24.0 Å². The van der Waals surface area contributed by atoms with Gasteiger partial charge in [0.2, 0.25) is 11.8 Å². The van der Waals surface area contributed by atoms with Crippen LogP contribution in [0.5, 0.6) is 5.75 Å². The number of benzene rings is 2. The number of piperazine rings is 1. The van der Waals surface area contributed by atoms with E-state index >= 15 is 0 Å². The van der Waals surface area contributed by atoms with Gasteiger partial charge in [0.25, 0.3) is 0 Å². The Morgan fingerprint density at radius 3 is 2.40 bits per heavy atom. The Bertz CT molecular complexity index is 1640. The molecule has 0 bridgehead atoms. The SMILES string of the molecule is C=CC(=O)Nc1cc(Nc2cc(N3OCCC3c3c(F)cccc3F)ncn2)c(OC)cc1N1CCC(N2CCN(C(C)=O)CC2)CC1. The number of rotatable bonds is 9. The maximum Gasteiger partial charge on any atom is 0.247 e. The van der Waals surface area contributed by atoms with Crippen LogP contribution in [0.15, 0.2) is 55.4 Å². The van der Waals surface area contributed by atoms with Gasteiger partial charge in [-0.05, 0) is 37.1 Å². The Labute approximate surface area is 278 Å². The lowest BCUT2D eigenvalue weighted by atomic mass is 10.0. The van der Waals surface area contributed by atoms with E-state index < -0.39 is 17.7 Å². The van der Waals surface area contributed by atoms with Gasteiger partial charge >= 0.3 is 0 Å². The van der Waals surface area contributed by atoms with Crippen LogP contribution in [0.2, 0.25) is 0 Å². The summed E-state index contributed by atoms with van der Waals surface area (Å²) in [6.45, 7) is 10.3. The number of carbonyl (C=O) groups is 2. The summed E-state index contributed by atoms with van der Waals surface area (Å²) in [5.41, 5.74) is 1.84. The van der Waals surface area contributed by atoms with Crippen molar-refractivity contribution in [1.82, 2.24) is 19.8 Å². The molecule has 0 saturated carbocycles. The third-order valence-electron chi connectivity index (χ3n) is 9.22. The lowest BCUT2D eigenvalue weighted by Gasteiger charge is -2.43. The van der Waals surface area contributed by atoms with Crippen LogP contribution in [0.4, 0.5) is 37.5 Å². The molecule has 3 aliphatic heterocycles. The van der Waals surface area contributed by atoms with E-state index in [9.17, 15) is 18.4 Å². The third kappa shape index (κ3) is 7.04. The molecular weight excluding hydrogens is 622 g/mol. The average Bonchev–Trinajstić information content (AvgIpc) is 3.58. The Morgan fingerprint density at radius 2 is 1.73 bits per heavy atom. The van der Waals surface area contributed by atoms with E-state index in [0.29, 0.717) is 41.2 Å². The second-order valence-electron chi connectivity index (χ2n) is 12.0. The largest absolute Gasteiger partial charge is 0.494 e. The Balaban J connectivity index is 1.21. The monoisotopic (exact) mass is 662 g/mol. The molecule has 3 fully saturated rings. The molecule has 1 aromatic heterocycles. The van der Waals surface area contributed by atoms with Crippen molar-refractivity contribution < 1.29 is 27.9 Å². The van der Waals surface area contributed by atoms with E-state index in [1.165, 1.54) is 35.7 Å². The van der Waals surface area contributed by atoms with Crippen molar-refractivity contribution in [2.75, 3.05) is 73.6 Å². The molecule has 0 radical (unpaired) electrons. The fraction of sp³-hybridized carbons (Fsp3) is 0.412. The molecule has 1 atom stereocenters. The quantitative estimate of drug-likeness (QED) is 0.314. The first-order valence-electron chi connectivity index (χ1n) is 16.1. The molecule has 12 nitrogen and oxygen atoms in total. The predicted octanol–water partition coefficient (Wildman–Crippen LogP) is 4.65. The predicted molar refractivity (Wildman–Crippen MR) is 178 cm³/mol. The van der Waals surface area contributed by atoms with Gasteiger partial charge in [-0.15, -0.1) is 0 Å². The number of methoxy groups -OCH3 is 1. The van der Waals surface area contributed by atoms with Gasteiger partial charge in [0.15, 0.2) is 5.82 Å². The summed E-state index contributed by atoms with van der Waals surface area (Å²) in [4.78, 5) is 45.3. The maximum atomic E-state index is 14.7. The van der Waals surface area contributed by atoms with E-state index in [0.717, 1.165) is 57.8 Å². The summed E-state index contributed by atoms with van der Waals surface area (Å²) < 4.78 is 35.1. The minimum Gasteiger partial charge on any atom is -0.494 e. The van der Waals surface area contributed by atoms with Crippen LogP contribution in [-0.4, -0.2) is 90.6 Å². The van der Waals surface area contributed by atoms with Crippen molar-refractivity contribution in [2.45, 2.75) is 38.3 Å². The van der Waals surface area contributed by atoms with Crippen LogP contribution in [0.3, 0.4) is 0 Å². The number of nitrogens with one attached hydrogen (secondary N) is 2. The molecule has 254 valence electrons. The fourth-order valence-electron chi connectivity index (χ4n) is 6.72. The smallest absolute Gasteiger partial charge is 0.247 e. The Hall–Kier alpha value is -4.82. The Kier molecular flexibility index (Phi) is 10.0. The molecule has 3 saturated heterocycles. The number of halogens is 2. The molecule has 3 aromatic rings. The second kappa shape index (κ2) is 14.5. The molecular formula is C34H40F2N8O4. The molecule has 14 heteroatoms. The minimum absolute atomic E-state index is 0.0810. The van der Waals surface area contributed by atoms with Gasteiger partial charge in [-0.1, -0.05) is 12.6 Å². The van der Waals surface area contributed by atoms with Crippen molar-refractivity contribution in [2.24, 2.45) is 0 Å². The van der Waals surface area contributed by atoms with Crippen molar-refractivity contribution >= 4 is 40.5 Å². The first-order chi connectivity index (χ1) is 23.2. The number of hydrogen-bond donors (Lipinski definition) is 2. The first-order valence-corrected chi connectivity index (χ1v) is 16.1. The van der Waals surface area contributed by atoms with E-state index in [1.807, 2.05) is 11.0 Å². The maximum absolute atomic E-state index is 14.7. The van der Waals surface area contributed by atoms with E-state index in [2.05, 4.69) is 37.0 Å². The first kappa shape index (κ1) is 33.1. The van der Waals surface area contributed by atoms with Gasteiger partial charge in [-0.2, -0.15) is 0 Å². The molecule has 1 unspecified atom stereocenters. The zero-order valence-electron chi connectivity index (χ0n) is 27.1. The van der Waals surface area contributed by atoms with Crippen LogP contribution in [0, 0.1) is 11.6 Å². The van der Waals surface area contributed by atoms with Crippen LogP contribution in [0.25, 0.3) is 0 Å². The standard InChI is InChI=1S/C34H40F2N8O4/c1-4-33(46)40-26-18-27(30(47-3)19-29(26)43-11-8-23(9-12-43)42-15-13-41(14-16-42)22(2)45)39-31-20-32(38-21-37-31)44-28(10-17-48-44)34-24(35)6-5-7-25(34)36/h4-7,18-21,23,28H,1,8-17H2,2-3H3,(H,40,46)(H,37,38,39). The van der Waals surface area contributed by atoms with Gasteiger partial charge in [-0.25, -0.2) is 23.8 Å². The van der Waals surface area contributed by atoms with Crippen LogP contribution < -0.4 is 25.3 Å². The fourth-order valence-corrected chi connectivity index (χ4v) is 6.72. The number of hydroxylamine groups is 1. The van der Waals surface area contributed by atoms with Crippen molar-refractivity contribution in [3.63, 3.8) is 0 Å². The lowest BCUT2D eigenvalue weighted by molar-refractivity contribution is -0.131. The average molecular weight is 663 g/mol. The topological polar surface area (TPSA) is 115 Å². The number of amides is 2. The number of hydrogen-bond acceptors (Lipinski definition) is 10. The number of ether oxygens (including phenoxy) is 1. The van der Waals surface area contributed by atoms with Gasteiger partial charge in [0.1, 0.15) is 29.5 Å². The molecule has 6 rings (SSSR count). The number of nitrogens with zero attached hydrogens (tertiary/aromatic N) is 6. The van der Waals surface area contributed by atoms with Crippen LogP contribution in [-0.2, 0) is 14.4 Å². The van der Waals surface area contributed by atoms with E-state index in [1.54, 1.807) is 26.2 Å². The normalized spacial score (nSPS) is 18.9. The minimum atomic E-state index is -0.710. The zero-order valence-corrected chi connectivity index (χ0v) is 27.1. The molecule has 4 heterocycles. The summed E-state index contributed by atoms with van der Waals surface area (Å²) in [5, 5.41) is 7.59. The summed E-state index contributed by atoms with van der Waals surface area (Å²) in [6, 6.07) is 8.78. The van der Waals surface area contributed by atoms with Gasteiger partial charge < -0.3 is 25.2 Å². The van der Waals surface area contributed by atoms with Crippen molar-refractivity contribution in [3.05, 3.63) is 72.6 Å². The van der Waals surface area contributed by atoms with Crippen LogP contribution in [0.1, 0.15) is 37.8 Å². The number of aromatic nitrogens is 2. The number of carbonyl (C=O) groups excluding carboxylic acids is 2. The number of anilines is 5. The summed E-state index contributed by atoms with van der Waals surface area (Å²) >= 11 is 0. The highest BCUT2D eigenvalue weighted by Gasteiger charge is 2.34. The number of piperidine rings is 1. The third-order valence-corrected chi connectivity index (χ3v) is 9.22. The van der Waals surface area contributed by atoms with Gasteiger partial charge in [0, 0.05) is 76.4 Å². The van der Waals surface area contributed by atoms with Crippen LogP contribution >= 0.6 is 0 Å². The van der Waals surface area contributed by atoms with E-state index in [4.69, 9.17) is 9.57 Å². The van der Waals surface area contributed by atoms with Crippen molar-refractivity contribution in [3.8, 4) is 5.75 Å². The zero-order chi connectivity index (χ0) is 33.8. The highest BCUT2D eigenvalue weighted by Crippen LogP contribution is 2.41. The second-order valence-corrected chi connectivity index (χ2v) is 12.0. The molecule has 0 aliphatic carbocycles. The molecule has 0 spiro atoms. The lowest BCUT2D eigenvalue weighted by Crippen LogP contribution is -2.54. The van der Waals surface area contributed by atoms with Crippen molar-refractivity contribution in [1.29, 1.82) is 0 Å². The molecule has 48 heavy (non-hydrogen) atoms. The summed E-state index contributed by atoms with van der Waals surface area (Å²) in [5.74, 6) is -0.325. The Morgan fingerprint density at radius 1 is 1.00 bits per heavy atom.